The van der Waals surface area contributed by atoms with Gasteiger partial charge in [0.1, 0.15) is 11.6 Å². The van der Waals surface area contributed by atoms with E-state index < -0.39 is 0 Å². The van der Waals surface area contributed by atoms with E-state index in [0.717, 1.165) is 50.6 Å². The monoisotopic (exact) mass is 435 g/mol. The SMILES string of the molecule is CCN1CCN(C(=O)c2ccc(CN(Cc3ccccc3)Cc3ccc(F)cc3)o2)CC1. The molecule has 0 aliphatic carbocycles. The van der Waals surface area contributed by atoms with Gasteiger partial charge in [-0.15, -0.1) is 0 Å². The van der Waals surface area contributed by atoms with Crippen molar-refractivity contribution < 1.29 is 13.6 Å². The minimum absolute atomic E-state index is 0.0415. The summed E-state index contributed by atoms with van der Waals surface area (Å²) in [4.78, 5) is 19.3. The van der Waals surface area contributed by atoms with Gasteiger partial charge in [-0.2, -0.15) is 0 Å². The highest BCUT2D eigenvalue weighted by atomic mass is 19.1. The molecule has 1 aliphatic rings. The van der Waals surface area contributed by atoms with Crippen molar-refractivity contribution in [2.45, 2.75) is 26.6 Å². The summed E-state index contributed by atoms with van der Waals surface area (Å²) in [5.41, 5.74) is 2.21. The molecule has 0 saturated carbocycles. The molecule has 0 radical (unpaired) electrons. The summed E-state index contributed by atoms with van der Waals surface area (Å²) in [6.07, 6.45) is 0. The second-order valence-electron chi connectivity index (χ2n) is 8.25. The fraction of sp³-hybridized carbons (Fsp3) is 0.346. The van der Waals surface area contributed by atoms with Crippen LogP contribution in [-0.2, 0) is 19.6 Å². The lowest BCUT2D eigenvalue weighted by Gasteiger charge is -2.33. The lowest BCUT2D eigenvalue weighted by molar-refractivity contribution is 0.0608. The molecular weight excluding hydrogens is 405 g/mol. The Bertz CT molecular complexity index is 995. The van der Waals surface area contributed by atoms with Crippen LogP contribution in [0.15, 0.2) is 71.1 Å². The highest BCUT2D eigenvalue weighted by Gasteiger charge is 2.24. The van der Waals surface area contributed by atoms with Crippen molar-refractivity contribution in [3.05, 3.63) is 95.2 Å². The molecule has 0 N–H and O–H groups in total. The molecule has 1 aromatic heterocycles. The van der Waals surface area contributed by atoms with Crippen LogP contribution in [0.25, 0.3) is 0 Å². The zero-order chi connectivity index (χ0) is 22.3. The first-order chi connectivity index (χ1) is 15.6. The number of likely N-dealkylation sites (N-methyl/N-ethyl adjacent to an activating group) is 1. The Morgan fingerprint density at radius 2 is 1.53 bits per heavy atom. The van der Waals surface area contributed by atoms with Crippen LogP contribution in [0.5, 0.6) is 0 Å². The van der Waals surface area contributed by atoms with Crippen molar-refractivity contribution in [3.63, 3.8) is 0 Å². The topological polar surface area (TPSA) is 39.9 Å². The van der Waals surface area contributed by atoms with E-state index in [-0.39, 0.29) is 11.7 Å². The number of rotatable bonds is 8. The van der Waals surface area contributed by atoms with Crippen LogP contribution in [0.2, 0.25) is 0 Å². The highest BCUT2D eigenvalue weighted by molar-refractivity contribution is 5.91. The normalized spacial score (nSPS) is 14.8. The van der Waals surface area contributed by atoms with Gasteiger partial charge < -0.3 is 14.2 Å². The second-order valence-corrected chi connectivity index (χ2v) is 8.25. The third kappa shape index (κ3) is 5.84. The van der Waals surface area contributed by atoms with Gasteiger partial charge in [0.2, 0.25) is 0 Å². The van der Waals surface area contributed by atoms with Crippen LogP contribution in [0.1, 0.15) is 34.4 Å². The van der Waals surface area contributed by atoms with Gasteiger partial charge in [0.15, 0.2) is 5.76 Å². The minimum Gasteiger partial charge on any atom is -0.455 e. The van der Waals surface area contributed by atoms with E-state index in [1.807, 2.05) is 29.2 Å². The molecule has 0 atom stereocenters. The molecule has 168 valence electrons. The van der Waals surface area contributed by atoms with Gasteiger partial charge >= 0.3 is 0 Å². The number of carbonyl (C=O) groups is 1. The molecule has 0 spiro atoms. The predicted molar refractivity (Wildman–Crippen MR) is 123 cm³/mol. The number of nitrogens with zero attached hydrogens (tertiary/aromatic N) is 3. The summed E-state index contributed by atoms with van der Waals surface area (Å²) in [6, 6.07) is 20.5. The number of piperazine rings is 1. The fourth-order valence-electron chi connectivity index (χ4n) is 4.08. The zero-order valence-electron chi connectivity index (χ0n) is 18.5. The Kier molecular flexibility index (Phi) is 7.35. The highest BCUT2D eigenvalue weighted by Crippen LogP contribution is 2.18. The van der Waals surface area contributed by atoms with Crippen molar-refractivity contribution >= 4 is 5.91 Å². The number of hydrogen-bond donors (Lipinski definition) is 0. The third-order valence-electron chi connectivity index (χ3n) is 5.93. The second kappa shape index (κ2) is 10.6. The van der Waals surface area contributed by atoms with Crippen LogP contribution in [0.4, 0.5) is 4.39 Å². The van der Waals surface area contributed by atoms with Crippen LogP contribution in [-0.4, -0.2) is 53.3 Å². The Labute approximate surface area is 189 Å². The first-order valence-electron chi connectivity index (χ1n) is 11.2. The van der Waals surface area contributed by atoms with E-state index in [1.54, 1.807) is 18.2 Å². The summed E-state index contributed by atoms with van der Waals surface area (Å²) in [5, 5.41) is 0. The molecule has 1 aliphatic heterocycles. The van der Waals surface area contributed by atoms with Crippen molar-refractivity contribution in [1.82, 2.24) is 14.7 Å². The number of carbonyl (C=O) groups excluding carboxylic acids is 1. The maximum atomic E-state index is 13.3. The van der Waals surface area contributed by atoms with Crippen molar-refractivity contribution in [3.8, 4) is 0 Å². The van der Waals surface area contributed by atoms with Gasteiger partial charge in [-0.05, 0) is 41.9 Å². The molecule has 2 heterocycles. The molecule has 5 nitrogen and oxygen atoms in total. The van der Waals surface area contributed by atoms with E-state index >= 15 is 0 Å². The third-order valence-corrected chi connectivity index (χ3v) is 5.93. The molecule has 6 heteroatoms. The van der Waals surface area contributed by atoms with Crippen LogP contribution in [0, 0.1) is 5.82 Å². The Balaban J connectivity index is 1.44. The molecule has 1 fully saturated rings. The van der Waals surface area contributed by atoms with Gasteiger partial charge in [-0.25, -0.2) is 4.39 Å². The minimum atomic E-state index is -0.239. The largest absolute Gasteiger partial charge is 0.455 e. The summed E-state index contributed by atoms with van der Waals surface area (Å²) in [7, 11) is 0. The van der Waals surface area contributed by atoms with Gasteiger partial charge in [-0.1, -0.05) is 49.4 Å². The van der Waals surface area contributed by atoms with Crippen molar-refractivity contribution in [2.75, 3.05) is 32.7 Å². The van der Waals surface area contributed by atoms with E-state index in [0.29, 0.717) is 18.8 Å². The Morgan fingerprint density at radius 3 is 2.19 bits per heavy atom. The van der Waals surface area contributed by atoms with E-state index in [1.165, 1.54) is 17.7 Å². The van der Waals surface area contributed by atoms with Gasteiger partial charge in [-0.3, -0.25) is 9.69 Å². The maximum Gasteiger partial charge on any atom is 0.289 e. The predicted octanol–water partition coefficient (Wildman–Crippen LogP) is 4.40. The molecule has 0 bridgehead atoms. The summed E-state index contributed by atoms with van der Waals surface area (Å²) in [5.74, 6) is 0.863. The maximum absolute atomic E-state index is 13.3. The van der Waals surface area contributed by atoms with E-state index in [2.05, 4.69) is 28.9 Å². The summed E-state index contributed by atoms with van der Waals surface area (Å²) in [6.45, 7) is 8.35. The number of amides is 1. The summed E-state index contributed by atoms with van der Waals surface area (Å²) < 4.78 is 19.3. The molecule has 0 unspecified atom stereocenters. The zero-order valence-corrected chi connectivity index (χ0v) is 18.5. The lowest BCUT2D eigenvalue weighted by Crippen LogP contribution is -2.48. The van der Waals surface area contributed by atoms with Gasteiger partial charge in [0, 0.05) is 39.3 Å². The molecule has 32 heavy (non-hydrogen) atoms. The van der Waals surface area contributed by atoms with Crippen LogP contribution >= 0.6 is 0 Å². The van der Waals surface area contributed by atoms with E-state index in [4.69, 9.17) is 4.42 Å². The van der Waals surface area contributed by atoms with Gasteiger partial charge in [0.05, 0.1) is 6.54 Å². The standard InChI is InChI=1S/C26H30FN3O2/c1-2-28-14-16-30(17-15-28)26(31)25-13-12-24(32-25)20-29(18-21-6-4-3-5-7-21)19-22-8-10-23(27)11-9-22/h3-13H,2,14-20H2,1H3. The van der Waals surface area contributed by atoms with Gasteiger partial charge in [0.25, 0.3) is 5.91 Å². The quantitative estimate of drug-likeness (QED) is 0.526. The van der Waals surface area contributed by atoms with Crippen molar-refractivity contribution in [1.29, 1.82) is 0 Å². The number of benzene rings is 2. The molecule has 3 aromatic rings. The number of furan rings is 1. The average molecular weight is 436 g/mol. The van der Waals surface area contributed by atoms with Crippen LogP contribution < -0.4 is 0 Å². The number of hydrogen-bond acceptors (Lipinski definition) is 4. The summed E-state index contributed by atoms with van der Waals surface area (Å²) >= 11 is 0. The Hall–Kier alpha value is -2.96. The first-order valence-corrected chi connectivity index (χ1v) is 11.2. The van der Waals surface area contributed by atoms with E-state index in [9.17, 15) is 9.18 Å². The first kappa shape index (κ1) is 22.2. The average Bonchev–Trinajstić information content (AvgIpc) is 3.29. The molecule has 4 rings (SSSR count). The van der Waals surface area contributed by atoms with Crippen molar-refractivity contribution in [2.24, 2.45) is 0 Å². The Morgan fingerprint density at radius 1 is 0.875 bits per heavy atom. The molecular formula is C26H30FN3O2. The molecule has 1 amide bonds. The smallest absolute Gasteiger partial charge is 0.289 e. The number of halogens is 1. The van der Waals surface area contributed by atoms with Crippen LogP contribution in [0.3, 0.4) is 0 Å². The molecule has 2 aromatic carbocycles. The lowest BCUT2D eigenvalue weighted by atomic mass is 10.1. The fourth-order valence-corrected chi connectivity index (χ4v) is 4.08. The molecule has 1 saturated heterocycles.